The molecule has 0 fully saturated rings. The smallest absolute Gasteiger partial charge is 0.00106 e. The van der Waals surface area contributed by atoms with Crippen LogP contribution in [0.15, 0.2) is 45.2 Å². The molecule has 0 unspecified atom stereocenters. The van der Waals surface area contributed by atoms with Gasteiger partial charge in [-0.25, -0.2) is 0 Å². The van der Waals surface area contributed by atoms with E-state index in [1.54, 1.807) is 0 Å². The first-order chi connectivity index (χ1) is 8.67. The Labute approximate surface area is 142 Å². The molecule has 0 aromatic heterocycles. The minimum atomic E-state index is 1.09. The Morgan fingerprint density at radius 1 is 0.889 bits per heavy atom. The second-order valence-corrected chi connectivity index (χ2v) is 8.52. The van der Waals surface area contributed by atoms with Crippen LogP contribution >= 0.6 is 60.3 Å². The van der Waals surface area contributed by atoms with Gasteiger partial charge in [0, 0.05) is 42.4 Å². The highest BCUT2D eigenvalue weighted by Crippen LogP contribution is 2.41. The SMILES string of the molecule is C/C(SI)=C1/Cc2ccccc2C/C1=C(/C)SI. The van der Waals surface area contributed by atoms with E-state index in [4.69, 9.17) is 0 Å². The third-order valence-corrected chi connectivity index (χ3v) is 8.22. The van der Waals surface area contributed by atoms with Crippen LogP contribution in [-0.2, 0) is 12.8 Å². The molecule has 0 spiro atoms. The van der Waals surface area contributed by atoms with Crippen molar-refractivity contribution in [2.24, 2.45) is 0 Å². The average molecular weight is 500 g/mol. The van der Waals surface area contributed by atoms with Gasteiger partial charge in [0.05, 0.1) is 0 Å². The molecule has 1 aromatic carbocycles. The third-order valence-electron chi connectivity index (χ3n) is 3.30. The lowest BCUT2D eigenvalue weighted by molar-refractivity contribution is 0.970. The van der Waals surface area contributed by atoms with Crippen molar-refractivity contribution in [2.75, 3.05) is 0 Å². The van der Waals surface area contributed by atoms with Crippen LogP contribution in [0.2, 0.25) is 0 Å². The molecule has 0 amide bonds. The molecule has 0 saturated carbocycles. The second-order valence-electron chi connectivity index (χ2n) is 4.35. The van der Waals surface area contributed by atoms with Gasteiger partial charge < -0.3 is 0 Å². The van der Waals surface area contributed by atoms with E-state index in [1.807, 2.05) is 17.9 Å². The van der Waals surface area contributed by atoms with Crippen molar-refractivity contribution in [3.63, 3.8) is 0 Å². The molecule has 2 rings (SSSR count). The number of hydrogen-bond acceptors (Lipinski definition) is 2. The van der Waals surface area contributed by atoms with Crippen molar-refractivity contribution in [1.29, 1.82) is 0 Å². The van der Waals surface area contributed by atoms with Gasteiger partial charge in [0.15, 0.2) is 0 Å². The minimum Gasteiger partial charge on any atom is -0.0620 e. The summed E-state index contributed by atoms with van der Waals surface area (Å²) in [5.41, 5.74) is 6.06. The summed E-state index contributed by atoms with van der Waals surface area (Å²) < 4.78 is 0. The van der Waals surface area contributed by atoms with E-state index in [-0.39, 0.29) is 0 Å². The maximum absolute atomic E-state index is 2.39. The standard InChI is InChI=1S/C14H14I2S2/c1-9(17-15)13-7-11-5-3-4-6-12(11)8-14(13)10(2)18-16/h3-6H,7-8H2,1-2H3/b13-9+,14-10+. The zero-order valence-corrected chi connectivity index (χ0v) is 16.2. The quantitative estimate of drug-likeness (QED) is 0.426. The van der Waals surface area contributed by atoms with Crippen molar-refractivity contribution in [3.8, 4) is 0 Å². The van der Waals surface area contributed by atoms with Gasteiger partial charge in [-0.3, -0.25) is 0 Å². The molecule has 0 N–H and O–H groups in total. The summed E-state index contributed by atoms with van der Waals surface area (Å²) in [4.78, 5) is 2.90. The van der Waals surface area contributed by atoms with E-state index in [1.165, 1.54) is 32.1 Å². The van der Waals surface area contributed by atoms with Crippen molar-refractivity contribution < 1.29 is 0 Å². The fourth-order valence-corrected chi connectivity index (χ4v) is 4.44. The van der Waals surface area contributed by atoms with Gasteiger partial charge in [0.2, 0.25) is 0 Å². The molecule has 0 radical (unpaired) electrons. The molecule has 1 aliphatic rings. The lowest BCUT2D eigenvalue weighted by Gasteiger charge is -2.24. The van der Waals surface area contributed by atoms with Gasteiger partial charge in [-0.15, -0.1) is 0 Å². The Morgan fingerprint density at radius 2 is 1.28 bits per heavy atom. The number of rotatable bonds is 2. The Hall–Kier alpha value is 0.860. The van der Waals surface area contributed by atoms with Crippen LogP contribution in [0, 0.1) is 0 Å². The Morgan fingerprint density at radius 3 is 1.61 bits per heavy atom. The zero-order chi connectivity index (χ0) is 13.1. The molecule has 4 heteroatoms. The van der Waals surface area contributed by atoms with E-state index < -0.39 is 0 Å². The van der Waals surface area contributed by atoms with Crippen LogP contribution in [0.1, 0.15) is 25.0 Å². The summed E-state index contributed by atoms with van der Waals surface area (Å²) in [6.45, 7) is 4.48. The molecule has 0 atom stereocenters. The third kappa shape index (κ3) is 3.30. The van der Waals surface area contributed by atoms with E-state index in [0.29, 0.717) is 0 Å². The Bertz CT molecular complexity index is 471. The Balaban J connectivity index is 2.54. The number of halogens is 2. The van der Waals surface area contributed by atoms with E-state index in [9.17, 15) is 0 Å². The highest BCUT2D eigenvalue weighted by atomic mass is 127. The van der Waals surface area contributed by atoms with E-state index >= 15 is 0 Å². The number of fused-ring (bicyclic) bond motifs is 1. The van der Waals surface area contributed by atoms with Gasteiger partial charge in [-0.1, -0.05) is 42.1 Å². The highest BCUT2D eigenvalue weighted by Gasteiger charge is 2.21. The zero-order valence-electron chi connectivity index (χ0n) is 10.3. The lowest BCUT2D eigenvalue weighted by Crippen LogP contribution is -2.10. The van der Waals surface area contributed by atoms with Crippen molar-refractivity contribution in [1.82, 2.24) is 0 Å². The lowest BCUT2D eigenvalue weighted by atomic mass is 9.84. The molecule has 96 valence electrons. The average Bonchev–Trinajstić information content (AvgIpc) is 2.44. The highest BCUT2D eigenvalue weighted by molar-refractivity contribution is 14.2. The van der Waals surface area contributed by atoms with Crippen LogP contribution in [0.25, 0.3) is 0 Å². The second kappa shape index (κ2) is 7.04. The van der Waals surface area contributed by atoms with Crippen molar-refractivity contribution in [2.45, 2.75) is 26.7 Å². The first kappa shape index (κ1) is 15.3. The fourth-order valence-electron chi connectivity index (χ4n) is 2.26. The molecule has 0 nitrogen and oxygen atoms in total. The molecular formula is C14H14I2S2. The predicted molar refractivity (Wildman–Crippen MR) is 102 cm³/mol. The summed E-state index contributed by atoms with van der Waals surface area (Å²) in [6, 6.07) is 8.84. The van der Waals surface area contributed by atoms with Crippen molar-refractivity contribution >= 4 is 60.3 Å². The van der Waals surface area contributed by atoms with Gasteiger partial charge in [-0.2, -0.15) is 0 Å². The van der Waals surface area contributed by atoms with Crippen LogP contribution in [0.3, 0.4) is 0 Å². The fraction of sp³-hybridized carbons (Fsp3) is 0.286. The van der Waals surface area contributed by atoms with Crippen molar-refractivity contribution in [3.05, 3.63) is 56.3 Å². The molecule has 1 aromatic rings. The van der Waals surface area contributed by atoms with Gasteiger partial charge in [-0.05, 0) is 58.8 Å². The van der Waals surface area contributed by atoms with Crippen LogP contribution in [-0.4, -0.2) is 0 Å². The topological polar surface area (TPSA) is 0 Å². The number of allylic oxidation sites excluding steroid dienone is 4. The molecule has 0 heterocycles. The normalized spacial score (nSPS) is 20.4. The number of benzene rings is 1. The first-order valence-corrected chi connectivity index (χ1v) is 12.4. The molecule has 0 saturated heterocycles. The first-order valence-electron chi connectivity index (χ1n) is 5.71. The van der Waals surface area contributed by atoms with Crippen LogP contribution in [0.4, 0.5) is 0 Å². The van der Waals surface area contributed by atoms with Crippen LogP contribution < -0.4 is 0 Å². The van der Waals surface area contributed by atoms with Crippen LogP contribution in [0.5, 0.6) is 0 Å². The maximum Gasteiger partial charge on any atom is 0.00106 e. The summed E-state index contributed by atoms with van der Waals surface area (Å²) in [7, 11) is 3.68. The largest absolute Gasteiger partial charge is 0.0620 e. The Kier molecular flexibility index (Phi) is 5.96. The minimum absolute atomic E-state index is 1.09. The maximum atomic E-state index is 2.39. The summed E-state index contributed by atoms with van der Waals surface area (Å²) in [6.07, 6.45) is 2.17. The van der Waals surface area contributed by atoms with Gasteiger partial charge in [0.25, 0.3) is 0 Å². The van der Waals surface area contributed by atoms with Gasteiger partial charge >= 0.3 is 0 Å². The summed E-state index contributed by atoms with van der Waals surface area (Å²) in [5, 5.41) is 0. The molecular weight excluding hydrogens is 486 g/mol. The monoisotopic (exact) mass is 500 g/mol. The molecule has 1 aliphatic carbocycles. The number of hydrogen-bond donors (Lipinski definition) is 0. The molecule has 18 heavy (non-hydrogen) atoms. The van der Waals surface area contributed by atoms with E-state index in [0.717, 1.165) is 12.8 Å². The van der Waals surface area contributed by atoms with E-state index in [2.05, 4.69) is 80.5 Å². The summed E-state index contributed by atoms with van der Waals surface area (Å²) >= 11 is 4.78. The predicted octanol–water partition coefficient (Wildman–Crippen LogP) is 6.50. The van der Waals surface area contributed by atoms with Gasteiger partial charge in [0.1, 0.15) is 0 Å². The summed E-state index contributed by atoms with van der Waals surface area (Å²) in [5.74, 6) is 0. The molecule has 0 bridgehead atoms. The molecule has 0 aliphatic heterocycles.